The normalized spacial score (nSPS) is 44.2. The van der Waals surface area contributed by atoms with Crippen LogP contribution < -0.4 is 0 Å². The van der Waals surface area contributed by atoms with E-state index >= 15 is 0 Å². The number of hydrogen-bond acceptors (Lipinski definition) is 2. The highest BCUT2D eigenvalue weighted by Crippen LogP contribution is 2.71. The molecule has 0 aromatic carbocycles. The Morgan fingerprint density at radius 3 is 2.19 bits per heavy atom. The van der Waals surface area contributed by atoms with Crippen LogP contribution in [0.3, 0.4) is 0 Å². The molecule has 6 rings (SSSR count). The quantitative estimate of drug-likeness (QED) is 0.177. The van der Waals surface area contributed by atoms with E-state index in [4.69, 9.17) is 9.47 Å². The molecule has 0 radical (unpaired) electrons. The summed E-state index contributed by atoms with van der Waals surface area (Å²) < 4.78 is 11.7. The summed E-state index contributed by atoms with van der Waals surface area (Å²) in [6.45, 7) is 16.3. The van der Waals surface area contributed by atoms with E-state index in [0.29, 0.717) is 34.6 Å². The van der Waals surface area contributed by atoms with Crippen LogP contribution in [-0.4, -0.2) is 19.5 Å². The molecule has 0 N–H and O–H groups in total. The number of rotatable bonds is 6. The van der Waals surface area contributed by atoms with E-state index in [9.17, 15) is 0 Å². The third-order valence-corrected chi connectivity index (χ3v) is 15.4. The van der Waals surface area contributed by atoms with Crippen LogP contribution in [0.1, 0.15) is 164 Å². The Morgan fingerprint density at radius 1 is 0.786 bits per heavy atom. The molecular weight excluding hydrogens is 512 g/mol. The lowest BCUT2D eigenvalue weighted by atomic mass is 9.44. The number of ether oxygens (including phenoxy) is 2. The predicted octanol–water partition coefficient (Wildman–Crippen LogP) is 11.5. The van der Waals surface area contributed by atoms with Crippen LogP contribution in [0.4, 0.5) is 0 Å². The van der Waals surface area contributed by atoms with Crippen LogP contribution in [0.25, 0.3) is 0 Å². The first-order valence-electron chi connectivity index (χ1n) is 19.0. The summed E-state index contributed by atoms with van der Waals surface area (Å²) in [5.74, 6) is 5.69. The van der Waals surface area contributed by atoms with Gasteiger partial charge < -0.3 is 9.47 Å². The molecule has 0 heterocycles. The van der Waals surface area contributed by atoms with Crippen molar-refractivity contribution in [1.29, 1.82) is 0 Å². The molecule has 240 valence electrons. The maximum atomic E-state index is 6.17. The zero-order valence-corrected chi connectivity index (χ0v) is 28.8. The molecule has 0 saturated heterocycles. The van der Waals surface area contributed by atoms with Gasteiger partial charge in [0.05, 0.1) is 6.10 Å². The van der Waals surface area contributed by atoms with Crippen LogP contribution in [0.2, 0.25) is 0 Å². The molecule has 2 heteroatoms. The van der Waals surface area contributed by atoms with Crippen molar-refractivity contribution in [3.05, 3.63) is 11.6 Å². The molecule has 0 amide bonds. The van der Waals surface area contributed by atoms with Gasteiger partial charge in [-0.15, -0.1) is 0 Å². The monoisotopic (exact) mass is 581 g/mol. The van der Waals surface area contributed by atoms with Gasteiger partial charge in [-0.3, -0.25) is 0 Å². The highest BCUT2D eigenvalue weighted by molar-refractivity contribution is 5.26. The van der Waals surface area contributed by atoms with Crippen molar-refractivity contribution in [3.8, 4) is 0 Å². The Morgan fingerprint density at radius 2 is 1.50 bits per heavy atom. The molecule has 0 aromatic rings. The van der Waals surface area contributed by atoms with E-state index in [1.54, 1.807) is 24.8 Å². The fraction of sp³-hybridized carbons (Fsp3) is 0.950. The fourth-order valence-electron chi connectivity index (χ4n) is 13.1. The maximum absolute atomic E-state index is 6.17. The second-order valence-corrected chi connectivity index (χ2v) is 18.0. The highest BCUT2D eigenvalue weighted by Gasteiger charge is 2.63. The van der Waals surface area contributed by atoms with E-state index < -0.39 is 0 Å². The average molecular weight is 581 g/mol. The Hall–Kier alpha value is -0.340. The largest absolute Gasteiger partial charge is 0.356 e. The van der Waals surface area contributed by atoms with E-state index in [1.807, 2.05) is 0 Å². The minimum atomic E-state index is 0.365. The molecule has 0 bridgehead atoms. The minimum Gasteiger partial charge on any atom is -0.356 e. The molecule has 0 spiro atoms. The Bertz CT molecular complexity index is 928. The Balaban J connectivity index is 1.23. The summed E-state index contributed by atoms with van der Waals surface area (Å²) in [4.78, 5) is 0. The van der Waals surface area contributed by atoms with Gasteiger partial charge in [0.1, 0.15) is 6.79 Å². The van der Waals surface area contributed by atoms with E-state index in [0.717, 1.165) is 48.5 Å². The Kier molecular flexibility index (Phi) is 9.38. The van der Waals surface area contributed by atoms with Gasteiger partial charge >= 0.3 is 0 Å². The zero-order valence-electron chi connectivity index (χ0n) is 28.8. The molecule has 6 aliphatic carbocycles. The molecule has 5 saturated carbocycles. The SMILES string of the molecule is CCOCO[C@H]1CC[C@@]2(C)C(=CC[C@H]3[C@@H]4CC[C@@H](C5(C6CCC(C(C)(C)C)CC6)CCCCCCC5)[C@]4(C)CC[C@@H]32)C1. The zero-order chi connectivity index (χ0) is 29.6. The van der Waals surface area contributed by atoms with Crippen LogP contribution in [-0.2, 0) is 9.47 Å². The van der Waals surface area contributed by atoms with Gasteiger partial charge in [-0.1, -0.05) is 78.4 Å². The van der Waals surface area contributed by atoms with Gasteiger partial charge in [0, 0.05) is 6.61 Å². The first kappa shape index (κ1) is 31.6. The molecule has 0 aromatic heterocycles. The van der Waals surface area contributed by atoms with Gasteiger partial charge in [0.15, 0.2) is 0 Å². The number of fused-ring (bicyclic) bond motifs is 5. The summed E-state index contributed by atoms with van der Waals surface area (Å²) in [5, 5.41) is 0. The van der Waals surface area contributed by atoms with Crippen molar-refractivity contribution >= 4 is 0 Å². The smallest absolute Gasteiger partial charge is 0.147 e. The van der Waals surface area contributed by atoms with Gasteiger partial charge in [-0.2, -0.15) is 0 Å². The topological polar surface area (TPSA) is 18.5 Å². The fourth-order valence-corrected chi connectivity index (χ4v) is 13.1. The Labute approximate surface area is 260 Å². The molecule has 0 unspecified atom stereocenters. The summed E-state index contributed by atoms with van der Waals surface area (Å²) >= 11 is 0. The molecular formula is C40H68O2. The summed E-state index contributed by atoms with van der Waals surface area (Å²) in [5.41, 5.74) is 3.86. The van der Waals surface area contributed by atoms with Gasteiger partial charge in [-0.25, -0.2) is 0 Å². The van der Waals surface area contributed by atoms with Gasteiger partial charge in [0.25, 0.3) is 0 Å². The standard InChI is InChI=1S/C40H68O2/c1-7-41-28-42-32-21-25-38(5)31(27-32)17-18-33-34-19-20-36(39(34,6)26-22-35(33)38)40(23-11-9-8-10-12-24-40)30-15-13-29(14-16-30)37(2,3)4/h17,29-30,32-36H,7-16,18-28H2,1-6H3/t29?,30?,32-,33-,34-,35-,36+,38-,39+/m0/s1. The second kappa shape index (κ2) is 12.5. The van der Waals surface area contributed by atoms with Crippen molar-refractivity contribution in [2.45, 2.75) is 170 Å². The molecule has 0 aliphatic heterocycles. The maximum Gasteiger partial charge on any atom is 0.147 e. The molecule has 42 heavy (non-hydrogen) atoms. The van der Waals surface area contributed by atoms with Crippen LogP contribution in [0.15, 0.2) is 11.6 Å². The van der Waals surface area contributed by atoms with Crippen molar-refractivity contribution in [3.63, 3.8) is 0 Å². The number of hydrogen-bond donors (Lipinski definition) is 0. The molecule has 6 aliphatic rings. The van der Waals surface area contributed by atoms with E-state index in [2.05, 4.69) is 47.6 Å². The van der Waals surface area contributed by atoms with Gasteiger partial charge in [0.2, 0.25) is 0 Å². The van der Waals surface area contributed by atoms with E-state index in [-0.39, 0.29) is 0 Å². The van der Waals surface area contributed by atoms with Crippen LogP contribution in [0.5, 0.6) is 0 Å². The minimum absolute atomic E-state index is 0.365. The average Bonchev–Trinajstić information content (AvgIpc) is 3.31. The van der Waals surface area contributed by atoms with Gasteiger partial charge in [-0.05, 0) is 154 Å². The summed E-state index contributed by atoms with van der Waals surface area (Å²) in [6, 6.07) is 0. The summed E-state index contributed by atoms with van der Waals surface area (Å²) in [6.07, 6.45) is 30.9. The lowest BCUT2D eigenvalue weighted by Crippen LogP contribution is -2.53. The first-order valence-corrected chi connectivity index (χ1v) is 19.0. The van der Waals surface area contributed by atoms with Crippen molar-refractivity contribution < 1.29 is 9.47 Å². The van der Waals surface area contributed by atoms with Crippen molar-refractivity contribution in [2.75, 3.05) is 13.4 Å². The van der Waals surface area contributed by atoms with Crippen LogP contribution >= 0.6 is 0 Å². The van der Waals surface area contributed by atoms with Crippen molar-refractivity contribution in [2.24, 2.45) is 57.2 Å². The van der Waals surface area contributed by atoms with Crippen molar-refractivity contribution in [1.82, 2.24) is 0 Å². The third-order valence-electron chi connectivity index (χ3n) is 15.4. The first-order chi connectivity index (χ1) is 20.1. The lowest BCUT2D eigenvalue weighted by Gasteiger charge is -2.61. The predicted molar refractivity (Wildman–Crippen MR) is 176 cm³/mol. The number of allylic oxidation sites excluding steroid dienone is 1. The lowest BCUT2D eigenvalue weighted by molar-refractivity contribution is -0.117. The van der Waals surface area contributed by atoms with Crippen LogP contribution in [0, 0.1) is 57.2 Å². The third kappa shape index (κ3) is 5.62. The van der Waals surface area contributed by atoms with E-state index in [1.165, 1.54) is 96.3 Å². The molecule has 7 atom stereocenters. The molecule has 2 nitrogen and oxygen atoms in total. The molecule has 5 fully saturated rings. The second-order valence-electron chi connectivity index (χ2n) is 18.0. The highest BCUT2D eigenvalue weighted by atomic mass is 16.7. The summed E-state index contributed by atoms with van der Waals surface area (Å²) in [7, 11) is 0.